The van der Waals surface area contributed by atoms with Gasteiger partial charge < -0.3 is 5.32 Å². The molecule has 0 fully saturated rings. The lowest BCUT2D eigenvalue weighted by Gasteiger charge is -1.96. The molecule has 1 radical (unpaired) electrons. The van der Waals surface area contributed by atoms with Crippen molar-refractivity contribution in [2.24, 2.45) is 0 Å². The van der Waals surface area contributed by atoms with E-state index in [4.69, 9.17) is 0 Å². The molecule has 1 N–H and O–H groups in total. The molecule has 0 saturated carbocycles. The van der Waals surface area contributed by atoms with Crippen molar-refractivity contribution in [1.29, 1.82) is 0 Å². The molecule has 0 aliphatic carbocycles. The van der Waals surface area contributed by atoms with Crippen LogP contribution in [0.4, 0.5) is 0 Å². The molecule has 0 aliphatic heterocycles. The molecular formula is C6H6N3O2. The van der Waals surface area contributed by atoms with Crippen LogP contribution in [0, 0.1) is 0 Å². The summed E-state index contributed by atoms with van der Waals surface area (Å²) in [4.78, 5) is 17.8. The summed E-state index contributed by atoms with van der Waals surface area (Å²) in [6, 6.07) is 0. The van der Waals surface area contributed by atoms with Crippen molar-refractivity contribution >= 4 is 5.91 Å². The number of rotatable bonds is 1. The van der Waals surface area contributed by atoms with Crippen molar-refractivity contribution in [3.63, 3.8) is 0 Å². The van der Waals surface area contributed by atoms with E-state index < -0.39 is 11.8 Å². The number of carbonyl (C=O) groups excluding carboxylic acids is 1. The minimum Gasteiger partial charge on any atom is -0.354 e. The Morgan fingerprint density at radius 3 is 2.64 bits per heavy atom. The van der Waals surface area contributed by atoms with E-state index in [1.807, 2.05) is 0 Å². The van der Waals surface area contributed by atoms with Gasteiger partial charge >= 0.3 is 5.88 Å². The minimum absolute atomic E-state index is 0.171. The smallest absolute Gasteiger partial charge is 0.301 e. The van der Waals surface area contributed by atoms with Crippen LogP contribution in [-0.2, 0) is 5.11 Å². The monoisotopic (exact) mass is 152 g/mol. The van der Waals surface area contributed by atoms with Crippen LogP contribution in [-0.4, -0.2) is 22.9 Å². The average Bonchev–Trinajstić information content (AvgIpc) is 2.04. The maximum absolute atomic E-state index is 10.8. The molecule has 0 aliphatic rings. The van der Waals surface area contributed by atoms with E-state index in [1.165, 1.54) is 19.4 Å². The summed E-state index contributed by atoms with van der Waals surface area (Å²) < 4.78 is 0. The zero-order valence-corrected chi connectivity index (χ0v) is 5.87. The van der Waals surface area contributed by atoms with Crippen molar-refractivity contribution in [2.75, 3.05) is 7.05 Å². The standard InChI is InChI=1S/C6H6N3O2/c1-7-5(10)4-6(11)9-3-2-8-4/h2-3H,1H3,(H,7,10). The molecule has 11 heavy (non-hydrogen) atoms. The molecular weight excluding hydrogens is 146 g/mol. The van der Waals surface area contributed by atoms with Crippen molar-refractivity contribution < 1.29 is 9.90 Å². The van der Waals surface area contributed by atoms with E-state index in [-0.39, 0.29) is 5.69 Å². The molecule has 0 aromatic carbocycles. The molecule has 1 rings (SSSR count). The van der Waals surface area contributed by atoms with Gasteiger partial charge in [0.25, 0.3) is 5.91 Å². The number of nitrogens with zero attached hydrogens (tertiary/aromatic N) is 2. The summed E-state index contributed by atoms with van der Waals surface area (Å²) in [6.07, 6.45) is 2.54. The van der Waals surface area contributed by atoms with Gasteiger partial charge in [-0.05, 0) is 0 Å². The highest BCUT2D eigenvalue weighted by molar-refractivity contribution is 5.93. The predicted octanol–water partition coefficient (Wildman–Crippen LogP) is -0.0200. The lowest BCUT2D eigenvalue weighted by molar-refractivity contribution is 0.0952. The molecule has 1 heterocycles. The average molecular weight is 152 g/mol. The Bertz CT molecular complexity index is 274. The Morgan fingerprint density at radius 2 is 2.09 bits per heavy atom. The molecule has 0 atom stereocenters. The molecule has 1 aromatic heterocycles. The van der Waals surface area contributed by atoms with Crippen LogP contribution in [0.5, 0.6) is 5.88 Å². The SMILES string of the molecule is CNC(=O)c1nccnc1[O]. The van der Waals surface area contributed by atoms with Gasteiger partial charge in [-0.2, -0.15) is 0 Å². The molecule has 57 valence electrons. The van der Waals surface area contributed by atoms with Crippen molar-refractivity contribution in [3.05, 3.63) is 18.1 Å². The lowest BCUT2D eigenvalue weighted by atomic mass is 10.4. The first-order chi connectivity index (χ1) is 5.25. The second kappa shape index (κ2) is 2.96. The Hall–Kier alpha value is -1.65. The third-order valence-electron chi connectivity index (χ3n) is 1.11. The molecule has 5 nitrogen and oxygen atoms in total. The van der Waals surface area contributed by atoms with Crippen LogP contribution in [0.25, 0.3) is 0 Å². The van der Waals surface area contributed by atoms with Gasteiger partial charge in [0.05, 0.1) is 0 Å². The van der Waals surface area contributed by atoms with Crippen molar-refractivity contribution in [3.8, 4) is 5.88 Å². The van der Waals surface area contributed by atoms with Gasteiger partial charge in [0.1, 0.15) is 0 Å². The Labute approximate surface area is 63.1 Å². The first-order valence-corrected chi connectivity index (χ1v) is 2.96. The van der Waals surface area contributed by atoms with E-state index in [1.54, 1.807) is 0 Å². The minimum atomic E-state index is -0.605. The molecule has 5 heteroatoms. The summed E-state index contributed by atoms with van der Waals surface area (Å²) >= 11 is 0. The highest BCUT2D eigenvalue weighted by atomic mass is 16.3. The summed E-state index contributed by atoms with van der Waals surface area (Å²) in [5.74, 6) is -1.12. The van der Waals surface area contributed by atoms with Crippen molar-refractivity contribution in [1.82, 2.24) is 15.3 Å². The third kappa shape index (κ3) is 1.43. The number of carbonyl (C=O) groups is 1. The summed E-state index contributed by atoms with van der Waals surface area (Å²) in [5, 5.41) is 13.1. The van der Waals surface area contributed by atoms with E-state index in [9.17, 15) is 9.90 Å². The van der Waals surface area contributed by atoms with Gasteiger partial charge in [-0.15, -0.1) is 0 Å². The number of nitrogens with one attached hydrogen (secondary N) is 1. The maximum atomic E-state index is 10.8. The molecule has 1 aromatic rings. The van der Waals surface area contributed by atoms with E-state index in [0.717, 1.165) is 0 Å². The van der Waals surface area contributed by atoms with Gasteiger partial charge in [0, 0.05) is 19.4 Å². The largest absolute Gasteiger partial charge is 0.354 e. The molecule has 0 bridgehead atoms. The first kappa shape index (κ1) is 7.46. The molecule has 1 amide bonds. The van der Waals surface area contributed by atoms with Gasteiger partial charge in [0.15, 0.2) is 5.69 Å². The fraction of sp³-hybridized carbons (Fsp3) is 0.167. The summed E-state index contributed by atoms with van der Waals surface area (Å²) in [5.41, 5.74) is -0.171. The van der Waals surface area contributed by atoms with Crippen LogP contribution in [0.3, 0.4) is 0 Å². The zero-order valence-electron chi connectivity index (χ0n) is 5.87. The van der Waals surface area contributed by atoms with E-state index in [2.05, 4.69) is 15.3 Å². The second-order valence-corrected chi connectivity index (χ2v) is 1.79. The normalized spacial score (nSPS) is 9.18. The summed E-state index contributed by atoms with van der Waals surface area (Å²) in [7, 11) is 1.43. The third-order valence-corrected chi connectivity index (χ3v) is 1.11. The number of hydrogen-bond donors (Lipinski definition) is 1. The quantitative estimate of drug-likeness (QED) is 0.614. The van der Waals surface area contributed by atoms with Gasteiger partial charge in [0.2, 0.25) is 0 Å². The molecule has 0 saturated heterocycles. The van der Waals surface area contributed by atoms with E-state index >= 15 is 0 Å². The Kier molecular flexibility index (Phi) is 2.00. The van der Waals surface area contributed by atoms with Crippen LogP contribution in [0.2, 0.25) is 0 Å². The number of hydrogen-bond acceptors (Lipinski definition) is 3. The van der Waals surface area contributed by atoms with Gasteiger partial charge in [-0.25, -0.2) is 9.97 Å². The molecule has 0 spiro atoms. The van der Waals surface area contributed by atoms with Crippen LogP contribution >= 0.6 is 0 Å². The number of aromatic nitrogens is 2. The highest BCUT2D eigenvalue weighted by Gasteiger charge is 2.11. The molecule has 0 unspecified atom stereocenters. The first-order valence-electron chi connectivity index (χ1n) is 2.96. The van der Waals surface area contributed by atoms with Crippen LogP contribution in [0.15, 0.2) is 12.4 Å². The fourth-order valence-electron chi connectivity index (χ4n) is 0.599. The van der Waals surface area contributed by atoms with Crippen LogP contribution < -0.4 is 5.32 Å². The van der Waals surface area contributed by atoms with E-state index in [0.29, 0.717) is 0 Å². The lowest BCUT2D eigenvalue weighted by Crippen LogP contribution is -2.19. The highest BCUT2D eigenvalue weighted by Crippen LogP contribution is 2.07. The second-order valence-electron chi connectivity index (χ2n) is 1.79. The fourth-order valence-corrected chi connectivity index (χ4v) is 0.599. The van der Waals surface area contributed by atoms with Crippen molar-refractivity contribution in [2.45, 2.75) is 0 Å². The predicted molar refractivity (Wildman–Crippen MR) is 35.6 cm³/mol. The van der Waals surface area contributed by atoms with Gasteiger partial charge in [-0.3, -0.25) is 9.90 Å². The van der Waals surface area contributed by atoms with Crippen LogP contribution in [0.1, 0.15) is 10.5 Å². The zero-order chi connectivity index (χ0) is 8.27. The summed E-state index contributed by atoms with van der Waals surface area (Å²) in [6.45, 7) is 0. The van der Waals surface area contributed by atoms with Gasteiger partial charge in [-0.1, -0.05) is 0 Å². The number of amides is 1. The Morgan fingerprint density at radius 1 is 1.45 bits per heavy atom. The topological polar surface area (TPSA) is 74.8 Å². The Balaban J connectivity index is 3.03. The maximum Gasteiger partial charge on any atom is 0.301 e.